The van der Waals surface area contributed by atoms with Crippen LogP contribution in [-0.2, 0) is 4.79 Å². The van der Waals surface area contributed by atoms with Crippen molar-refractivity contribution < 1.29 is 9.53 Å². The van der Waals surface area contributed by atoms with Gasteiger partial charge in [-0.15, -0.1) is 0 Å². The van der Waals surface area contributed by atoms with Gasteiger partial charge < -0.3 is 15.4 Å². The number of allylic oxidation sites excluding steroid dienone is 1. The number of rotatable bonds is 3. The molecular formula is C25H23N3O2. The number of Topliss-reactive ketones (excluding diaryl/α,β-unsaturated/α-hetero) is 1. The monoisotopic (exact) mass is 397 g/mol. The standard InChI is InChI=1S/C25H23N3O2/c1-30-23-11-5-2-8-18(23)17-13-21-24(22(29)14-17)25(16-7-6-12-26-15-16)28-20-10-4-3-9-19(20)27-21/h2-12,15,17,25,27-28H,13-14H2,1H3/t17-,25-/m0/s1. The number of nitrogens with zero attached hydrogens (tertiary/aromatic N) is 1. The molecular weight excluding hydrogens is 374 g/mol. The number of para-hydroxylation sites is 3. The maximum absolute atomic E-state index is 13.5. The molecule has 0 spiro atoms. The summed E-state index contributed by atoms with van der Waals surface area (Å²) in [6.07, 6.45) is 4.78. The molecule has 5 nitrogen and oxygen atoms in total. The minimum Gasteiger partial charge on any atom is -0.496 e. The molecule has 3 aromatic rings. The maximum atomic E-state index is 13.5. The van der Waals surface area contributed by atoms with Gasteiger partial charge in [-0.1, -0.05) is 36.4 Å². The largest absolute Gasteiger partial charge is 0.496 e. The molecule has 1 aliphatic heterocycles. The van der Waals surface area contributed by atoms with E-state index in [9.17, 15) is 4.79 Å². The average molecular weight is 397 g/mol. The molecule has 1 aromatic heterocycles. The van der Waals surface area contributed by atoms with E-state index in [1.807, 2.05) is 60.8 Å². The average Bonchev–Trinajstić information content (AvgIpc) is 2.96. The van der Waals surface area contributed by atoms with Crippen LogP contribution in [0.2, 0.25) is 0 Å². The lowest BCUT2D eigenvalue weighted by Crippen LogP contribution is -2.27. The highest BCUT2D eigenvalue weighted by Crippen LogP contribution is 2.45. The van der Waals surface area contributed by atoms with Gasteiger partial charge in [-0.05, 0) is 41.8 Å². The molecule has 0 radical (unpaired) electrons. The van der Waals surface area contributed by atoms with Gasteiger partial charge >= 0.3 is 0 Å². The number of hydrogen-bond acceptors (Lipinski definition) is 5. The van der Waals surface area contributed by atoms with Gasteiger partial charge in [0.15, 0.2) is 5.78 Å². The van der Waals surface area contributed by atoms with Crippen LogP contribution < -0.4 is 15.4 Å². The molecule has 30 heavy (non-hydrogen) atoms. The van der Waals surface area contributed by atoms with Gasteiger partial charge in [-0.2, -0.15) is 0 Å². The number of hydrogen-bond donors (Lipinski definition) is 2. The molecule has 2 atom stereocenters. The lowest BCUT2D eigenvalue weighted by Gasteiger charge is -2.30. The Hall–Kier alpha value is -3.60. The number of nitrogens with one attached hydrogen (secondary N) is 2. The normalized spacial score (nSPS) is 20.4. The van der Waals surface area contributed by atoms with Crippen molar-refractivity contribution in [2.75, 3.05) is 17.7 Å². The van der Waals surface area contributed by atoms with Crippen LogP contribution in [0.5, 0.6) is 5.75 Å². The maximum Gasteiger partial charge on any atom is 0.163 e. The summed E-state index contributed by atoms with van der Waals surface area (Å²) < 4.78 is 5.57. The predicted octanol–water partition coefficient (Wildman–Crippen LogP) is 5.07. The van der Waals surface area contributed by atoms with Crippen LogP contribution >= 0.6 is 0 Å². The third-order valence-electron chi connectivity index (χ3n) is 5.91. The van der Waals surface area contributed by atoms with E-state index in [0.29, 0.717) is 6.42 Å². The van der Waals surface area contributed by atoms with Gasteiger partial charge in [-0.25, -0.2) is 0 Å². The van der Waals surface area contributed by atoms with E-state index in [-0.39, 0.29) is 17.7 Å². The molecule has 5 rings (SSSR count). The van der Waals surface area contributed by atoms with Gasteiger partial charge in [0.05, 0.1) is 24.5 Å². The Morgan fingerprint density at radius 1 is 0.967 bits per heavy atom. The Morgan fingerprint density at radius 3 is 2.57 bits per heavy atom. The van der Waals surface area contributed by atoms with Crippen molar-refractivity contribution in [2.45, 2.75) is 24.8 Å². The summed E-state index contributed by atoms with van der Waals surface area (Å²) >= 11 is 0. The Kier molecular flexibility index (Phi) is 4.71. The van der Waals surface area contributed by atoms with E-state index < -0.39 is 0 Å². The number of fused-ring (bicyclic) bond motifs is 1. The molecule has 0 amide bonds. The molecule has 150 valence electrons. The van der Waals surface area contributed by atoms with Crippen LogP contribution in [0.4, 0.5) is 11.4 Å². The number of benzene rings is 2. The Labute approximate surface area is 175 Å². The summed E-state index contributed by atoms with van der Waals surface area (Å²) in [7, 11) is 1.68. The van der Waals surface area contributed by atoms with Crippen LogP contribution in [0.1, 0.15) is 35.9 Å². The second-order valence-corrected chi connectivity index (χ2v) is 7.70. The third-order valence-corrected chi connectivity index (χ3v) is 5.91. The highest BCUT2D eigenvalue weighted by molar-refractivity contribution is 6.01. The van der Waals surface area contributed by atoms with E-state index in [1.54, 1.807) is 13.3 Å². The van der Waals surface area contributed by atoms with E-state index >= 15 is 0 Å². The van der Waals surface area contributed by atoms with E-state index in [0.717, 1.165) is 45.9 Å². The number of methoxy groups -OCH3 is 1. The Bertz CT molecular complexity index is 1120. The molecule has 0 saturated carbocycles. The number of ketones is 1. The lowest BCUT2D eigenvalue weighted by atomic mass is 9.78. The van der Waals surface area contributed by atoms with Crippen LogP contribution in [0.15, 0.2) is 84.3 Å². The molecule has 5 heteroatoms. The van der Waals surface area contributed by atoms with Crippen LogP contribution in [0.3, 0.4) is 0 Å². The second-order valence-electron chi connectivity index (χ2n) is 7.70. The number of carbonyl (C=O) groups excluding carboxylic acids is 1. The zero-order valence-electron chi connectivity index (χ0n) is 16.8. The molecule has 0 saturated heterocycles. The van der Waals surface area contributed by atoms with Crippen molar-refractivity contribution in [3.05, 3.63) is 95.5 Å². The molecule has 1 aliphatic carbocycles. The minimum absolute atomic E-state index is 0.0692. The second kappa shape index (κ2) is 7.67. The fourth-order valence-corrected chi connectivity index (χ4v) is 4.51. The van der Waals surface area contributed by atoms with Crippen LogP contribution in [0, 0.1) is 0 Å². The molecule has 2 aromatic carbocycles. The number of aromatic nitrogens is 1. The first kappa shape index (κ1) is 18.4. The third kappa shape index (κ3) is 3.22. The molecule has 2 N–H and O–H groups in total. The molecule has 0 bridgehead atoms. The van der Waals surface area contributed by atoms with Crippen LogP contribution in [0.25, 0.3) is 0 Å². The van der Waals surface area contributed by atoms with Gasteiger partial charge in [0.1, 0.15) is 5.75 Å². The zero-order chi connectivity index (χ0) is 20.5. The first-order valence-corrected chi connectivity index (χ1v) is 10.2. The predicted molar refractivity (Wildman–Crippen MR) is 118 cm³/mol. The van der Waals surface area contributed by atoms with E-state index in [2.05, 4.69) is 21.7 Å². The summed E-state index contributed by atoms with van der Waals surface area (Å²) in [5.41, 5.74) is 5.77. The van der Waals surface area contributed by atoms with Gasteiger partial charge in [-0.3, -0.25) is 9.78 Å². The van der Waals surface area contributed by atoms with E-state index in [1.165, 1.54) is 0 Å². The topological polar surface area (TPSA) is 63.2 Å². The van der Waals surface area contributed by atoms with Gasteiger partial charge in [0, 0.05) is 36.0 Å². The molecule has 0 fully saturated rings. The minimum atomic E-state index is -0.240. The van der Waals surface area contributed by atoms with Crippen molar-refractivity contribution in [1.82, 2.24) is 4.98 Å². The molecule has 2 heterocycles. The smallest absolute Gasteiger partial charge is 0.163 e. The highest BCUT2D eigenvalue weighted by Gasteiger charge is 2.36. The zero-order valence-corrected chi connectivity index (χ0v) is 16.8. The van der Waals surface area contributed by atoms with Crippen molar-refractivity contribution in [3.63, 3.8) is 0 Å². The van der Waals surface area contributed by atoms with Gasteiger partial charge in [0.25, 0.3) is 0 Å². The van der Waals surface area contributed by atoms with E-state index in [4.69, 9.17) is 4.74 Å². The summed E-state index contributed by atoms with van der Waals surface area (Å²) in [4.78, 5) is 17.8. The Morgan fingerprint density at radius 2 is 1.77 bits per heavy atom. The van der Waals surface area contributed by atoms with Crippen molar-refractivity contribution in [2.24, 2.45) is 0 Å². The molecule has 2 aliphatic rings. The first-order valence-electron chi connectivity index (χ1n) is 10.2. The summed E-state index contributed by atoms with van der Waals surface area (Å²) in [6, 6.07) is 19.7. The lowest BCUT2D eigenvalue weighted by molar-refractivity contribution is -0.116. The fraction of sp³-hybridized carbons (Fsp3) is 0.200. The summed E-state index contributed by atoms with van der Waals surface area (Å²) in [5.74, 6) is 1.05. The quantitative estimate of drug-likeness (QED) is 0.646. The summed E-state index contributed by atoms with van der Waals surface area (Å²) in [5, 5.41) is 7.14. The van der Waals surface area contributed by atoms with Crippen molar-refractivity contribution in [1.29, 1.82) is 0 Å². The first-order chi connectivity index (χ1) is 14.7. The summed E-state index contributed by atoms with van der Waals surface area (Å²) in [6.45, 7) is 0. The molecule has 0 unspecified atom stereocenters. The van der Waals surface area contributed by atoms with Crippen molar-refractivity contribution >= 4 is 17.2 Å². The number of pyridine rings is 1. The number of carbonyl (C=O) groups is 1. The highest BCUT2D eigenvalue weighted by atomic mass is 16.5. The van der Waals surface area contributed by atoms with Crippen molar-refractivity contribution in [3.8, 4) is 5.75 Å². The van der Waals surface area contributed by atoms with Crippen LogP contribution in [-0.4, -0.2) is 17.9 Å². The Balaban J connectivity index is 1.61. The van der Waals surface area contributed by atoms with Gasteiger partial charge in [0.2, 0.25) is 0 Å². The number of anilines is 2. The number of ether oxygens (including phenoxy) is 1. The fourth-order valence-electron chi connectivity index (χ4n) is 4.51. The SMILES string of the molecule is COc1ccccc1[C@@H]1CC(=O)C2=C(C1)Nc1ccccc1N[C@H]2c1cccnc1.